The van der Waals surface area contributed by atoms with Crippen LogP contribution in [0.5, 0.6) is 0 Å². The first kappa shape index (κ1) is 22.4. The average Bonchev–Trinajstić information content (AvgIpc) is 3.28. The van der Waals surface area contributed by atoms with Gasteiger partial charge in [-0.05, 0) is 73.9 Å². The molecule has 0 N–H and O–H groups in total. The fourth-order valence-electron chi connectivity index (χ4n) is 4.98. The fraction of sp³-hybridized carbons (Fsp3) is 0.500. The third-order valence-electron chi connectivity index (χ3n) is 7.16. The number of hydrogen-bond donors (Lipinski definition) is 0. The molecule has 0 radical (unpaired) electrons. The van der Waals surface area contributed by atoms with Crippen LogP contribution < -0.4 is 0 Å². The molecule has 0 unspecified atom stereocenters. The number of likely N-dealkylation sites (tertiary alicyclic amines) is 2. The lowest BCUT2D eigenvalue weighted by atomic mass is 9.78. The first-order valence-corrected chi connectivity index (χ1v) is 11.7. The largest absolute Gasteiger partial charge is 0.342 e. The van der Waals surface area contributed by atoms with Crippen LogP contribution in [0.15, 0.2) is 48.8 Å². The van der Waals surface area contributed by atoms with Crippen molar-refractivity contribution in [2.45, 2.75) is 57.9 Å². The summed E-state index contributed by atoms with van der Waals surface area (Å²) >= 11 is 0. The molecule has 1 aromatic heterocycles. The fourth-order valence-corrected chi connectivity index (χ4v) is 4.98. The lowest BCUT2D eigenvalue weighted by Gasteiger charge is -2.41. The first-order valence-electron chi connectivity index (χ1n) is 11.7. The second-order valence-electron chi connectivity index (χ2n) is 9.43. The van der Waals surface area contributed by atoms with Gasteiger partial charge in [0.1, 0.15) is 5.82 Å². The van der Waals surface area contributed by atoms with Crippen LogP contribution in [0.4, 0.5) is 4.39 Å². The minimum absolute atomic E-state index is 0.0440. The number of carbonyl (C=O) groups excluding carboxylic acids is 2. The van der Waals surface area contributed by atoms with Crippen molar-refractivity contribution < 1.29 is 14.0 Å². The Balaban J connectivity index is 1.31. The zero-order valence-electron chi connectivity index (χ0n) is 18.8. The molecule has 5 nitrogen and oxygen atoms in total. The van der Waals surface area contributed by atoms with Gasteiger partial charge >= 0.3 is 0 Å². The summed E-state index contributed by atoms with van der Waals surface area (Å²) in [7, 11) is 0. The highest BCUT2D eigenvalue weighted by atomic mass is 19.1. The zero-order chi connectivity index (χ0) is 22.6. The summed E-state index contributed by atoms with van der Waals surface area (Å²) in [5, 5.41) is 0. The average molecular weight is 438 g/mol. The quantitative estimate of drug-likeness (QED) is 0.686. The molecule has 2 amide bonds. The van der Waals surface area contributed by atoms with E-state index >= 15 is 0 Å². The van der Waals surface area contributed by atoms with Crippen LogP contribution in [-0.4, -0.2) is 52.3 Å². The van der Waals surface area contributed by atoms with Crippen LogP contribution >= 0.6 is 0 Å². The van der Waals surface area contributed by atoms with Gasteiger partial charge in [-0.2, -0.15) is 0 Å². The van der Waals surface area contributed by atoms with Crippen molar-refractivity contribution in [3.8, 4) is 0 Å². The minimum Gasteiger partial charge on any atom is -0.342 e. The van der Waals surface area contributed by atoms with E-state index in [1.54, 1.807) is 12.1 Å². The summed E-state index contributed by atoms with van der Waals surface area (Å²) in [6.45, 7) is 4.09. The number of carbonyl (C=O) groups is 2. The zero-order valence-corrected chi connectivity index (χ0v) is 18.8. The van der Waals surface area contributed by atoms with E-state index in [0.717, 1.165) is 37.8 Å². The lowest BCUT2D eigenvalue weighted by Crippen LogP contribution is -2.51. The van der Waals surface area contributed by atoms with Gasteiger partial charge in [-0.1, -0.05) is 19.1 Å². The maximum Gasteiger partial charge on any atom is 0.228 e. The topological polar surface area (TPSA) is 53.5 Å². The Kier molecular flexibility index (Phi) is 6.87. The molecule has 0 aliphatic carbocycles. The van der Waals surface area contributed by atoms with Crippen molar-refractivity contribution in [2.75, 3.05) is 19.6 Å². The molecule has 0 spiro atoms. The summed E-state index contributed by atoms with van der Waals surface area (Å²) in [6.07, 6.45) is 9.35. The van der Waals surface area contributed by atoms with Crippen LogP contribution in [0, 0.1) is 11.2 Å². The van der Waals surface area contributed by atoms with Gasteiger partial charge in [0.25, 0.3) is 0 Å². The molecular weight excluding hydrogens is 405 g/mol. The Morgan fingerprint density at radius 1 is 1.03 bits per heavy atom. The summed E-state index contributed by atoms with van der Waals surface area (Å²) in [6, 6.07) is 10.5. The number of aryl methyl sites for hydroxylation is 1. The van der Waals surface area contributed by atoms with Gasteiger partial charge in [0, 0.05) is 43.5 Å². The first-order chi connectivity index (χ1) is 15.4. The van der Waals surface area contributed by atoms with Crippen molar-refractivity contribution in [3.05, 3.63) is 65.7 Å². The molecule has 6 heteroatoms. The summed E-state index contributed by atoms with van der Waals surface area (Å²) in [5.74, 6) is -0.00249. The predicted molar refractivity (Wildman–Crippen MR) is 121 cm³/mol. The van der Waals surface area contributed by atoms with E-state index < -0.39 is 5.41 Å². The van der Waals surface area contributed by atoms with Gasteiger partial charge in [-0.25, -0.2) is 4.39 Å². The lowest BCUT2D eigenvalue weighted by molar-refractivity contribution is -0.148. The number of nitrogens with zero attached hydrogens (tertiary/aromatic N) is 3. The van der Waals surface area contributed by atoms with Crippen LogP contribution in [0.3, 0.4) is 0 Å². The molecule has 2 aromatic rings. The number of pyridine rings is 1. The van der Waals surface area contributed by atoms with Crippen molar-refractivity contribution in [1.29, 1.82) is 0 Å². The van der Waals surface area contributed by atoms with Gasteiger partial charge in [-0.3, -0.25) is 14.6 Å². The van der Waals surface area contributed by atoms with Gasteiger partial charge < -0.3 is 9.80 Å². The predicted octanol–water partition coefficient (Wildman–Crippen LogP) is 4.02. The molecule has 1 atom stereocenters. The number of halogens is 1. The van der Waals surface area contributed by atoms with Gasteiger partial charge in [-0.15, -0.1) is 0 Å². The normalized spacial score (nSPS) is 20.4. The second-order valence-corrected chi connectivity index (χ2v) is 9.43. The second kappa shape index (κ2) is 9.80. The Bertz CT molecular complexity index is 924. The van der Waals surface area contributed by atoms with E-state index in [0.29, 0.717) is 32.0 Å². The van der Waals surface area contributed by atoms with Crippen molar-refractivity contribution >= 4 is 11.8 Å². The maximum atomic E-state index is 13.5. The SMILES string of the molecule is CC1(C(=O)N2CCC[C@H]2CCc2ccncc2)CCN(C(=O)Cc2ccc(F)cc2)CC1. The van der Waals surface area contributed by atoms with E-state index in [-0.39, 0.29) is 24.1 Å². The maximum absolute atomic E-state index is 13.5. The molecule has 2 aliphatic heterocycles. The van der Waals surface area contributed by atoms with E-state index in [1.807, 2.05) is 29.4 Å². The summed E-state index contributed by atoms with van der Waals surface area (Å²) < 4.78 is 13.1. The molecule has 1 aromatic carbocycles. The molecule has 170 valence electrons. The molecule has 32 heavy (non-hydrogen) atoms. The molecule has 3 heterocycles. The van der Waals surface area contributed by atoms with Crippen molar-refractivity contribution in [2.24, 2.45) is 5.41 Å². The van der Waals surface area contributed by atoms with E-state index in [1.165, 1.54) is 17.7 Å². The standard InChI is InChI=1S/C26H32FN3O2/c1-26(12-17-29(18-13-26)24(31)19-21-4-7-22(27)8-5-21)25(32)30-16-2-3-23(30)9-6-20-10-14-28-15-11-20/h4-5,7-8,10-11,14-15,23H,2-3,6,9,12-13,16-19H2,1H3/t23-/m0/s1. The third kappa shape index (κ3) is 5.17. The Morgan fingerprint density at radius 2 is 1.72 bits per heavy atom. The van der Waals surface area contributed by atoms with Crippen LogP contribution in [-0.2, 0) is 22.4 Å². The van der Waals surface area contributed by atoms with Gasteiger partial charge in [0.2, 0.25) is 11.8 Å². The highest BCUT2D eigenvalue weighted by Crippen LogP contribution is 2.36. The third-order valence-corrected chi connectivity index (χ3v) is 7.16. The number of hydrogen-bond acceptors (Lipinski definition) is 3. The Hall–Kier alpha value is -2.76. The van der Waals surface area contributed by atoms with E-state index in [4.69, 9.17) is 0 Å². The molecule has 0 bridgehead atoms. The van der Waals surface area contributed by atoms with Crippen LogP contribution in [0.2, 0.25) is 0 Å². The number of amides is 2. The van der Waals surface area contributed by atoms with Crippen molar-refractivity contribution in [3.63, 3.8) is 0 Å². The Labute approximate surface area is 189 Å². The van der Waals surface area contributed by atoms with Crippen molar-refractivity contribution in [1.82, 2.24) is 14.8 Å². The smallest absolute Gasteiger partial charge is 0.228 e. The van der Waals surface area contributed by atoms with E-state index in [2.05, 4.69) is 16.8 Å². The van der Waals surface area contributed by atoms with Crippen LogP contribution in [0.25, 0.3) is 0 Å². The minimum atomic E-state index is -0.411. The Morgan fingerprint density at radius 3 is 2.41 bits per heavy atom. The van der Waals surface area contributed by atoms with E-state index in [9.17, 15) is 14.0 Å². The molecular formula is C26H32FN3O2. The number of rotatable bonds is 6. The molecule has 2 aliphatic rings. The number of aromatic nitrogens is 1. The monoisotopic (exact) mass is 437 g/mol. The highest BCUT2D eigenvalue weighted by Gasteiger charge is 2.43. The summed E-state index contributed by atoms with van der Waals surface area (Å²) in [4.78, 5) is 34.2. The molecule has 4 rings (SSSR count). The summed E-state index contributed by atoms with van der Waals surface area (Å²) in [5.41, 5.74) is 1.67. The van der Waals surface area contributed by atoms with Gasteiger partial charge in [0.05, 0.1) is 6.42 Å². The highest BCUT2D eigenvalue weighted by molar-refractivity contribution is 5.84. The molecule has 0 saturated carbocycles. The number of piperidine rings is 1. The molecule has 2 fully saturated rings. The number of benzene rings is 1. The van der Waals surface area contributed by atoms with Crippen LogP contribution in [0.1, 0.15) is 50.2 Å². The van der Waals surface area contributed by atoms with Gasteiger partial charge in [0.15, 0.2) is 0 Å². The molecule has 2 saturated heterocycles.